The van der Waals surface area contributed by atoms with Gasteiger partial charge < -0.3 is 0 Å². The van der Waals surface area contributed by atoms with Gasteiger partial charge in [-0.2, -0.15) is 5.10 Å². The summed E-state index contributed by atoms with van der Waals surface area (Å²) in [4.78, 5) is 0.819. The lowest BCUT2D eigenvalue weighted by Gasteiger charge is -2.25. The van der Waals surface area contributed by atoms with Crippen LogP contribution in [0.25, 0.3) is 0 Å². The lowest BCUT2D eigenvalue weighted by molar-refractivity contribution is 0.422. The highest BCUT2D eigenvalue weighted by Gasteiger charge is 2.27. The van der Waals surface area contributed by atoms with Crippen molar-refractivity contribution in [2.75, 3.05) is 0 Å². The molecule has 0 radical (unpaired) electrons. The molecular formula is C11H18BrN3O2S. The van der Waals surface area contributed by atoms with Gasteiger partial charge in [-0.1, -0.05) is 15.9 Å². The maximum atomic E-state index is 12.3. The summed E-state index contributed by atoms with van der Waals surface area (Å²) in [5.74, 6) is 0. The van der Waals surface area contributed by atoms with Crippen LogP contribution in [0.2, 0.25) is 0 Å². The number of aryl methyl sites for hydroxylation is 2. The van der Waals surface area contributed by atoms with Crippen molar-refractivity contribution in [1.82, 2.24) is 14.9 Å². The number of nitrogens with one attached hydrogen (secondary N) is 2. The maximum absolute atomic E-state index is 12.3. The van der Waals surface area contributed by atoms with E-state index in [2.05, 4.69) is 30.8 Å². The van der Waals surface area contributed by atoms with Crippen molar-refractivity contribution in [3.8, 4) is 0 Å². The molecule has 0 spiro atoms. The van der Waals surface area contributed by atoms with Crippen LogP contribution in [-0.4, -0.2) is 29.5 Å². The van der Waals surface area contributed by atoms with Crippen molar-refractivity contribution >= 4 is 26.0 Å². The summed E-state index contributed by atoms with van der Waals surface area (Å²) in [6.45, 7) is 3.43. The van der Waals surface area contributed by atoms with Gasteiger partial charge >= 0.3 is 0 Å². The number of rotatable bonds is 3. The molecule has 0 aromatic carbocycles. The maximum Gasteiger partial charge on any atom is 0.244 e. The van der Waals surface area contributed by atoms with E-state index in [1.54, 1.807) is 13.8 Å². The van der Waals surface area contributed by atoms with Crippen molar-refractivity contribution in [3.05, 3.63) is 11.4 Å². The Morgan fingerprint density at radius 1 is 1.28 bits per heavy atom. The Balaban J connectivity index is 2.13. The van der Waals surface area contributed by atoms with E-state index >= 15 is 0 Å². The van der Waals surface area contributed by atoms with Crippen molar-refractivity contribution in [3.63, 3.8) is 0 Å². The molecule has 0 amide bonds. The fourth-order valence-electron chi connectivity index (χ4n) is 2.39. The summed E-state index contributed by atoms with van der Waals surface area (Å²) in [5.41, 5.74) is 1.11. The molecule has 1 aromatic heterocycles. The molecule has 0 aliphatic heterocycles. The summed E-state index contributed by atoms with van der Waals surface area (Å²) in [5, 5.41) is 6.65. The normalized spacial score (nSPS) is 25.3. The van der Waals surface area contributed by atoms with Gasteiger partial charge in [0.25, 0.3) is 0 Å². The van der Waals surface area contributed by atoms with Gasteiger partial charge in [-0.15, -0.1) is 0 Å². The van der Waals surface area contributed by atoms with Crippen LogP contribution in [0.1, 0.15) is 37.1 Å². The number of hydrogen-bond acceptors (Lipinski definition) is 3. The van der Waals surface area contributed by atoms with Crippen LogP contribution in [0.4, 0.5) is 0 Å². The quantitative estimate of drug-likeness (QED) is 0.829. The Bertz CT molecular complexity index is 499. The molecule has 1 aliphatic rings. The van der Waals surface area contributed by atoms with Crippen LogP contribution in [0.3, 0.4) is 0 Å². The van der Waals surface area contributed by atoms with Gasteiger partial charge in [-0.3, -0.25) is 5.10 Å². The van der Waals surface area contributed by atoms with Gasteiger partial charge in [-0.05, 0) is 39.5 Å². The fraction of sp³-hybridized carbons (Fsp3) is 0.727. The van der Waals surface area contributed by atoms with Crippen molar-refractivity contribution < 1.29 is 8.42 Å². The van der Waals surface area contributed by atoms with Gasteiger partial charge in [0.2, 0.25) is 10.0 Å². The van der Waals surface area contributed by atoms with E-state index < -0.39 is 10.0 Å². The van der Waals surface area contributed by atoms with Crippen molar-refractivity contribution in [1.29, 1.82) is 0 Å². The predicted octanol–water partition coefficient (Wildman–Crippen LogP) is 2.01. The van der Waals surface area contributed by atoms with Crippen LogP contribution >= 0.6 is 15.9 Å². The van der Waals surface area contributed by atoms with E-state index in [1.165, 1.54) is 0 Å². The number of halogens is 1. The third-order valence-corrected chi connectivity index (χ3v) is 6.01. The molecule has 2 N–H and O–H groups in total. The first-order chi connectivity index (χ1) is 8.40. The van der Waals surface area contributed by atoms with Crippen molar-refractivity contribution in [2.24, 2.45) is 0 Å². The van der Waals surface area contributed by atoms with Crippen LogP contribution in [0.5, 0.6) is 0 Å². The third-order valence-electron chi connectivity index (χ3n) is 3.31. The second-order valence-corrected chi connectivity index (χ2v) is 7.78. The van der Waals surface area contributed by atoms with E-state index in [4.69, 9.17) is 0 Å². The summed E-state index contributed by atoms with van der Waals surface area (Å²) >= 11 is 3.57. The molecule has 1 aromatic rings. The van der Waals surface area contributed by atoms with Crippen LogP contribution in [0, 0.1) is 13.8 Å². The molecule has 0 atom stereocenters. The minimum absolute atomic E-state index is 0.0394. The van der Waals surface area contributed by atoms with Crippen LogP contribution < -0.4 is 4.72 Å². The first-order valence-corrected chi connectivity index (χ1v) is 8.48. The molecule has 1 heterocycles. The van der Waals surface area contributed by atoms with E-state index in [-0.39, 0.29) is 6.04 Å². The predicted molar refractivity (Wildman–Crippen MR) is 73.4 cm³/mol. The van der Waals surface area contributed by atoms with E-state index in [1.807, 2.05) is 0 Å². The minimum Gasteiger partial charge on any atom is -0.281 e. The molecule has 0 unspecified atom stereocenters. The zero-order valence-electron chi connectivity index (χ0n) is 10.5. The van der Waals surface area contributed by atoms with Gasteiger partial charge in [0.1, 0.15) is 4.90 Å². The fourth-order valence-corrected chi connectivity index (χ4v) is 4.59. The Hall–Kier alpha value is -0.400. The van der Waals surface area contributed by atoms with E-state index in [9.17, 15) is 8.42 Å². The van der Waals surface area contributed by atoms with E-state index in [0.717, 1.165) is 25.7 Å². The average Bonchev–Trinajstić information content (AvgIpc) is 2.62. The smallest absolute Gasteiger partial charge is 0.244 e. The zero-order valence-corrected chi connectivity index (χ0v) is 12.9. The highest BCUT2D eigenvalue weighted by Crippen LogP contribution is 2.26. The lowest BCUT2D eigenvalue weighted by Crippen LogP contribution is -2.38. The summed E-state index contributed by atoms with van der Waals surface area (Å²) in [6.07, 6.45) is 3.78. The first kappa shape index (κ1) is 14.0. The Morgan fingerprint density at radius 2 is 1.89 bits per heavy atom. The molecule has 102 valence electrons. The highest BCUT2D eigenvalue weighted by molar-refractivity contribution is 9.09. The molecule has 1 saturated carbocycles. The zero-order chi connectivity index (χ0) is 13.3. The third kappa shape index (κ3) is 2.95. The molecule has 7 heteroatoms. The summed E-state index contributed by atoms with van der Waals surface area (Å²) < 4.78 is 27.4. The molecule has 5 nitrogen and oxygen atoms in total. The summed E-state index contributed by atoms with van der Waals surface area (Å²) in [7, 11) is -3.45. The van der Waals surface area contributed by atoms with Crippen LogP contribution in [0.15, 0.2) is 4.90 Å². The number of nitrogens with zero attached hydrogens (tertiary/aromatic N) is 1. The lowest BCUT2D eigenvalue weighted by atomic mass is 9.96. The van der Waals surface area contributed by atoms with Gasteiger partial charge in [0.05, 0.1) is 11.4 Å². The number of H-pyrrole nitrogens is 1. The van der Waals surface area contributed by atoms with Gasteiger partial charge in [0, 0.05) is 10.9 Å². The number of aromatic amines is 1. The van der Waals surface area contributed by atoms with Crippen LogP contribution in [-0.2, 0) is 10.0 Å². The summed E-state index contributed by atoms with van der Waals surface area (Å²) in [6, 6.07) is 0.0394. The Morgan fingerprint density at radius 3 is 2.39 bits per heavy atom. The number of aromatic nitrogens is 2. The number of hydrogen-bond donors (Lipinski definition) is 2. The average molecular weight is 336 g/mol. The second kappa shape index (κ2) is 5.30. The molecular weight excluding hydrogens is 318 g/mol. The molecule has 1 fully saturated rings. The number of sulfonamides is 1. The largest absolute Gasteiger partial charge is 0.281 e. The molecule has 18 heavy (non-hydrogen) atoms. The monoisotopic (exact) mass is 335 g/mol. The Kier molecular flexibility index (Phi) is 4.13. The SMILES string of the molecule is Cc1n[nH]c(C)c1S(=O)(=O)NC1CCC(Br)CC1. The minimum atomic E-state index is -3.45. The molecule has 0 bridgehead atoms. The first-order valence-electron chi connectivity index (χ1n) is 6.08. The van der Waals surface area contributed by atoms with Gasteiger partial charge in [0.15, 0.2) is 0 Å². The molecule has 1 aliphatic carbocycles. The van der Waals surface area contributed by atoms with Crippen molar-refractivity contribution in [2.45, 2.75) is 55.3 Å². The number of alkyl halides is 1. The standard InChI is InChI=1S/C11H18BrN3O2S/c1-7-11(8(2)14-13-7)18(16,17)15-10-5-3-9(12)4-6-10/h9-10,15H,3-6H2,1-2H3,(H,13,14). The molecule has 0 saturated heterocycles. The van der Waals surface area contributed by atoms with E-state index in [0.29, 0.717) is 21.1 Å². The highest BCUT2D eigenvalue weighted by atomic mass is 79.9. The molecule has 2 rings (SSSR count). The Labute approximate surface area is 116 Å². The van der Waals surface area contributed by atoms with Gasteiger partial charge in [-0.25, -0.2) is 13.1 Å². The second-order valence-electron chi connectivity index (χ2n) is 4.83. The topological polar surface area (TPSA) is 74.8 Å².